The molecule has 0 amide bonds. The van der Waals surface area contributed by atoms with Crippen LogP contribution in [0.25, 0.3) is 11.2 Å². The molecule has 4 atom stereocenters. The molecule has 264 valence electrons. The molecule has 1 N–H and O–H groups in total. The number of hydrogen-bond donors (Lipinski definition) is 1. The average molecular weight is 658 g/mol. The van der Waals surface area contributed by atoms with Gasteiger partial charge in [-0.15, -0.1) is 0 Å². The minimum absolute atomic E-state index is 0.219. The van der Waals surface area contributed by atoms with Crippen LogP contribution in [-0.2, 0) is 19.0 Å². The van der Waals surface area contributed by atoms with E-state index in [-0.39, 0.29) is 13.2 Å². The topological polar surface area (TPSA) is 120 Å². The quantitative estimate of drug-likeness (QED) is 0.0702. The number of aliphatic hydroxyl groups excluding tert-OH is 1. The fourth-order valence-electron chi connectivity index (χ4n) is 7.01. The summed E-state index contributed by atoms with van der Waals surface area (Å²) in [6.07, 6.45) is 23.5. The highest BCUT2D eigenvalue weighted by atomic mass is 16.7. The van der Waals surface area contributed by atoms with Crippen molar-refractivity contribution in [3.05, 3.63) is 12.7 Å². The highest BCUT2D eigenvalue weighted by Crippen LogP contribution is 2.46. The van der Waals surface area contributed by atoms with E-state index in [0.29, 0.717) is 23.0 Å². The molecule has 0 aliphatic carbocycles. The number of aliphatic imine (C=N–C) groups is 1. The van der Waals surface area contributed by atoms with Crippen molar-refractivity contribution in [3.8, 4) is 0 Å². The lowest BCUT2D eigenvalue weighted by atomic mass is 10.0. The maximum atomic E-state index is 11.4. The molecule has 1 unspecified atom stereocenters. The van der Waals surface area contributed by atoms with Gasteiger partial charge in [-0.25, -0.2) is 19.9 Å². The van der Waals surface area contributed by atoms with E-state index in [1.165, 1.54) is 89.8 Å². The fraction of sp³-hybridized carbons (Fsp3) is 0.829. The molecule has 3 fully saturated rings. The van der Waals surface area contributed by atoms with Crippen LogP contribution in [0.2, 0.25) is 0 Å². The minimum atomic E-state index is -0.968. The lowest BCUT2D eigenvalue weighted by Gasteiger charge is -2.37. The normalized spacial score (nSPS) is 24.8. The molecule has 12 nitrogen and oxygen atoms in total. The Bertz CT molecular complexity index is 1220. The molecule has 0 saturated carbocycles. The fourth-order valence-corrected chi connectivity index (χ4v) is 7.01. The number of aromatic nitrogens is 4. The molecule has 2 bridgehead atoms. The van der Waals surface area contributed by atoms with Crippen molar-refractivity contribution in [2.75, 3.05) is 47.1 Å². The molecular weight excluding hydrogens is 598 g/mol. The van der Waals surface area contributed by atoms with Crippen LogP contribution in [0, 0.1) is 0 Å². The Balaban J connectivity index is 1.08. The van der Waals surface area contributed by atoms with Crippen LogP contribution >= 0.6 is 0 Å². The van der Waals surface area contributed by atoms with Gasteiger partial charge >= 0.3 is 0 Å². The number of rotatable bonds is 22. The van der Waals surface area contributed by atoms with Crippen LogP contribution in [0.4, 0.5) is 5.82 Å². The standard InChI is InChI=1S/C35H59N7O5/c1-4-5-6-7-8-9-10-11-12-13-14-15-16-17-20-42(28-18-21-44-22-19-28)46-24-35-23-45-30(31(35)43)34(47-35)41-27-38-29-32(39-26-40(2)3)36-25-37-33(29)41/h25-28,30-31,34,43H,4-24H2,1-3H3/b39-26-/t30-,31?,34+,35+/m0/s1. The van der Waals surface area contributed by atoms with Crippen molar-refractivity contribution in [2.45, 2.75) is 140 Å². The third kappa shape index (κ3) is 9.70. The first-order valence-electron chi connectivity index (χ1n) is 18.4. The number of hydrogen-bond acceptors (Lipinski definition) is 10. The Morgan fingerprint density at radius 2 is 1.62 bits per heavy atom. The van der Waals surface area contributed by atoms with Gasteiger partial charge in [-0.1, -0.05) is 90.4 Å². The number of imidazole rings is 1. The molecule has 3 aliphatic heterocycles. The van der Waals surface area contributed by atoms with E-state index in [2.05, 4.69) is 31.9 Å². The summed E-state index contributed by atoms with van der Waals surface area (Å²) in [7, 11) is 3.79. The molecule has 0 spiro atoms. The highest BCUT2D eigenvalue weighted by molar-refractivity contribution is 5.82. The van der Waals surface area contributed by atoms with Crippen molar-refractivity contribution in [3.63, 3.8) is 0 Å². The SMILES string of the molecule is CCCCCCCCCCCCCCCCN(OC[C@]12CO[C@@H](C1O)[C@H](n1cnc3c(/N=C\N(C)C)ncnc31)O2)C1CCOCC1. The van der Waals surface area contributed by atoms with Crippen LogP contribution in [0.5, 0.6) is 0 Å². The summed E-state index contributed by atoms with van der Waals surface area (Å²) in [5.74, 6) is 0.473. The van der Waals surface area contributed by atoms with Crippen molar-refractivity contribution in [1.29, 1.82) is 0 Å². The van der Waals surface area contributed by atoms with Crippen molar-refractivity contribution >= 4 is 23.3 Å². The van der Waals surface area contributed by atoms with E-state index in [9.17, 15) is 5.11 Å². The van der Waals surface area contributed by atoms with Crippen molar-refractivity contribution in [2.24, 2.45) is 4.99 Å². The summed E-state index contributed by atoms with van der Waals surface area (Å²) in [5, 5.41) is 13.5. The van der Waals surface area contributed by atoms with E-state index >= 15 is 0 Å². The summed E-state index contributed by atoms with van der Waals surface area (Å²) >= 11 is 0. The number of ether oxygens (including phenoxy) is 3. The first kappa shape index (κ1) is 36.1. The molecule has 0 radical (unpaired) electrons. The molecule has 2 aromatic rings. The largest absolute Gasteiger partial charge is 0.387 e. The second-order valence-corrected chi connectivity index (χ2v) is 13.9. The second-order valence-electron chi connectivity index (χ2n) is 13.9. The average Bonchev–Trinajstić information content (AvgIpc) is 3.74. The van der Waals surface area contributed by atoms with Crippen LogP contribution in [0.1, 0.15) is 116 Å². The minimum Gasteiger partial charge on any atom is -0.387 e. The van der Waals surface area contributed by atoms with E-state index < -0.39 is 24.0 Å². The van der Waals surface area contributed by atoms with Crippen molar-refractivity contribution < 1.29 is 24.2 Å². The monoisotopic (exact) mass is 657 g/mol. The zero-order chi connectivity index (χ0) is 32.9. The Kier molecular flexibility index (Phi) is 14.2. The Morgan fingerprint density at radius 3 is 2.28 bits per heavy atom. The number of unbranched alkanes of at least 4 members (excludes halogenated alkanes) is 13. The lowest BCUT2D eigenvalue weighted by molar-refractivity contribution is -0.260. The van der Waals surface area contributed by atoms with Gasteiger partial charge in [-0.05, 0) is 19.3 Å². The number of hydroxylamine groups is 2. The third-order valence-corrected chi connectivity index (χ3v) is 9.84. The first-order valence-corrected chi connectivity index (χ1v) is 18.4. The zero-order valence-corrected chi connectivity index (χ0v) is 29.1. The van der Waals surface area contributed by atoms with Gasteiger partial charge in [0, 0.05) is 39.9 Å². The zero-order valence-electron chi connectivity index (χ0n) is 29.1. The number of aliphatic hydroxyl groups is 1. The Hall–Kier alpha value is -2.22. The van der Waals surface area contributed by atoms with Gasteiger partial charge in [0.2, 0.25) is 0 Å². The molecule has 0 aromatic carbocycles. The molecule has 12 heteroatoms. The number of nitrogens with zero attached hydrogens (tertiary/aromatic N) is 7. The summed E-state index contributed by atoms with van der Waals surface area (Å²) in [4.78, 5) is 26.1. The van der Waals surface area contributed by atoms with Gasteiger partial charge < -0.3 is 24.2 Å². The summed E-state index contributed by atoms with van der Waals surface area (Å²) in [6.45, 7) is 5.13. The van der Waals surface area contributed by atoms with Crippen LogP contribution in [0.15, 0.2) is 17.6 Å². The predicted octanol–water partition coefficient (Wildman–Crippen LogP) is 5.97. The van der Waals surface area contributed by atoms with Gasteiger partial charge in [0.15, 0.2) is 23.2 Å². The predicted molar refractivity (Wildman–Crippen MR) is 183 cm³/mol. The summed E-state index contributed by atoms with van der Waals surface area (Å²) < 4.78 is 20.1. The molecular formula is C35H59N7O5. The molecule has 5 heterocycles. The van der Waals surface area contributed by atoms with Gasteiger partial charge in [0.25, 0.3) is 0 Å². The molecule has 5 rings (SSSR count). The summed E-state index contributed by atoms with van der Waals surface area (Å²) in [5.41, 5.74) is 0.177. The van der Waals surface area contributed by atoms with Gasteiger partial charge in [0.1, 0.15) is 30.7 Å². The van der Waals surface area contributed by atoms with E-state index in [0.717, 1.165) is 39.0 Å². The lowest BCUT2D eigenvalue weighted by Crippen LogP contribution is -2.49. The molecule has 3 aliphatic rings. The van der Waals surface area contributed by atoms with Crippen LogP contribution in [-0.4, -0.2) is 112 Å². The van der Waals surface area contributed by atoms with Gasteiger partial charge in [0.05, 0.1) is 19.3 Å². The van der Waals surface area contributed by atoms with E-state index in [1.54, 1.807) is 12.7 Å². The first-order chi connectivity index (χ1) is 23.0. The maximum Gasteiger partial charge on any atom is 0.184 e. The third-order valence-electron chi connectivity index (χ3n) is 9.84. The Labute approximate surface area is 281 Å². The van der Waals surface area contributed by atoms with Crippen LogP contribution in [0.3, 0.4) is 0 Å². The number of fused-ring (bicyclic) bond motifs is 3. The van der Waals surface area contributed by atoms with Gasteiger partial charge in [-0.2, -0.15) is 5.06 Å². The molecule has 47 heavy (non-hydrogen) atoms. The maximum absolute atomic E-state index is 11.4. The molecule has 3 saturated heterocycles. The van der Waals surface area contributed by atoms with E-state index in [1.807, 2.05) is 23.6 Å². The smallest absolute Gasteiger partial charge is 0.184 e. The second kappa shape index (κ2) is 18.5. The van der Waals surface area contributed by atoms with E-state index in [4.69, 9.17) is 19.0 Å². The summed E-state index contributed by atoms with van der Waals surface area (Å²) in [6, 6.07) is 0.296. The molecule has 2 aromatic heterocycles. The Morgan fingerprint density at radius 1 is 0.957 bits per heavy atom. The van der Waals surface area contributed by atoms with Crippen LogP contribution < -0.4 is 0 Å². The van der Waals surface area contributed by atoms with Gasteiger partial charge in [-0.3, -0.25) is 9.40 Å². The van der Waals surface area contributed by atoms with Crippen molar-refractivity contribution in [1.82, 2.24) is 29.5 Å². The highest BCUT2D eigenvalue weighted by Gasteiger charge is 2.62.